The molecule has 0 spiro atoms. The minimum atomic E-state index is -0.684. The van der Waals surface area contributed by atoms with Gasteiger partial charge in [-0.2, -0.15) is 0 Å². The first kappa shape index (κ1) is 12.1. The van der Waals surface area contributed by atoms with Gasteiger partial charge >= 0.3 is 5.97 Å². The minimum absolute atomic E-state index is 0.539. The van der Waals surface area contributed by atoms with Gasteiger partial charge in [0.1, 0.15) is 0 Å². The van der Waals surface area contributed by atoms with Gasteiger partial charge in [0, 0.05) is 19.6 Å². The number of hydrogen-bond donors (Lipinski definition) is 1. The predicted molar refractivity (Wildman–Crippen MR) is 66.8 cm³/mol. The lowest BCUT2D eigenvalue weighted by molar-refractivity contribution is -0.158. The fourth-order valence-corrected chi connectivity index (χ4v) is 2.39. The van der Waals surface area contributed by atoms with Gasteiger partial charge in [0.25, 0.3) is 0 Å². The van der Waals surface area contributed by atoms with Gasteiger partial charge < -0.3 is 5.11 Å². The van der Waals surface area contributed by atoms with Gasteiger partial charge in [-0.25, -0.2) is 0 Å². The quantitative estimate of drug-likeness (QED) is 0.866. The monoisotopic (exact) mass is 233 g/mol. The van der Waals surface area contributed by atoms with Crippen LogP contribution in [-0.4, -0.2) is 29.1 Å². The van der Waals surface area contributed by atoms with E-state index >= 15 is 0 Å². The Morgan fingerprint density at radius 1 is 1.41 bits per heavy atom. The topological polar surface area (TPSA) is 40.5 Å². The molecule has 0 atom stereocenters. The van der Waals surface area contributed by atoms with E-state index in [0.717, 1.165) is 13.0 Å². The highest BCUT2D eigenvalue weighted by atomic mass is 16.4. The molecule has 0 radical (unpaired) electrons. The third-order valence-corrected chi connectivity index (χ3v) is 3.47. The Labute approximate surface area is 102 Å². The van der Waals surface area contributed by atoms with Gasteiger partial charge in [-0.3, -0.25) is 9.69 Å². The minimum Gasteiger partial charge on any atom is -0.481 e. The molecule has 2 rings (SSSR count). The fraction of sp³-hybridized carbons (Fsp3) is 0.500. The molecule has 92 valence electrons. The Morgan fingerprint density at radius 3 is 2.65 bits per heavy atom. The Morgan fingerprint density at radius 2 is 2.06 bits per heavy atom. The molecule has 3 heteroatoms. The Hall–Kier alpha value is -1.35. The number of aliphatic carboxylic acids is 1. The number of carboxylic acid groups (broad SMARTS) is 1. The second-order valence-electron chi connectivity index (χ2n) is 5.18. The van der Waals surface area contributed by atoms with Crippen molar-refractivity contribution in [3.05, 3.63) is 35.4 Å². The van der Waals surface area contributed by atoms with E-state index in [9.17, 15) is 4.79 Å². The predicted octanol–water partition coefficient (Wildman–Crippen LogP) is 2.16. The van der Waals surface area contributed by atoms with Crippen molar-refractivity contribution in [2.75, 3.05) is 13.1 Å². The van der Waals surface area contributed by atoms with E-state index in [1.807, 2.05) is 6.92 Å². The zero-order valence-electron chi connectivity index (χ0n) is 10.4. The molecule has 17 heavy (non-hydrogen) atoms. The van der Waals surface area contributed by atoms with Crippen molar-refractivity contribution in [1.29, 1.82) is 0 Å². The van der Waals surface area contributed by atoms with Crippen LogP contribution in [-0.2, 0) is 17.8 Å². The standard InChI is InChI=1S/C14H19NO2/c1-3-11-5-4-6-12(7-11)8-15-9-14(2,10-15)13(16)17/h4-7H,3,8-10H2,1-2H3,(H,16,17). The molecule has 0 aromatic heterocycles. The van der Waals surface area contributed by atoms with Crippen LogP contribution >= 0.6 is 0 Å². The van der Waals surface area contributed by atoms with Crippen molar-refractivity contribution >= 4 is 5.97 Å². The van der Waals surface area contributed by atoms with E-state index in [1.165, 1.54) is 11.1 Å². The third kappa shape index (κ3) is 2.50. The molecule has 0 saturated carbocycles. The first-order valence-corrected chi connectivity index (χ1v) is 6.07. The largest absolute Gasteiger partial charge is 0.481 e. The number of carboxylic acids is 1. The second-order valence-corrected chi connectivity index (χ2v) is 5.18. The maximum atomic E-state index is 11.0. The first-order valence-electron chi connectivity index (χ1n) is 6.07. The van der Waals surface area contributed by atoms with Gasteiger partial charge in [-0.1, -0.05) is 31.2 Å². The number of hydrogen-bond acceptors (Lipinski definition) is 2. The molecule has 0 aliphatic carbocycles. The molecular weight excluding hydrogens is 214 g/mol. The molecule has 1 aromatic carbocycles. The maximum Gasteiger partial charge on any atom is 0.311 e. The summed E-state index contributed by atoms with van der Waals surface area (Å²) in [5.41, 5.74) is 2.07. The van der Waals surface area contributed by atoms with Crippen molar-refractivity contribution in [3.8, 4) is 0 Å². The van der Waals surface area contributed by atoms with Gasteiger partial charge in [0.15, 0.2) is 0 Å². The van der Waals surface area contributed by atoms with Crippen molar-refractivity contribution in [2.24, 2.45) is 5.41 Å². The highest BCUT2D eigenvalue weighted by molar-refractivity contribution is 5.76. The number of likely N-dealkylation sites (tertiary alicyclic amines) is 1. The zero-order valence-corrected chi connectivity index (χ0v) is 10.4. The summed E-state index contributed by atoms with van der Waals surface area (Å²) in [5.74, 6) is -0.684. The van der Waals surface area contributed by atoms with E-state index in [2.05, 4.69) is 36.1 Å². The molecule has 1 saturated heterocycles. The lowest BCUT2D eigenvalue weighted by atomic mass is 9.82. The summed E-state index contributed by atoms with van der Waals surface area (Å²) < 4.78 is 0. The molecule has 1 heterocycles. The van der Waals surface area contributed by atoms with Crippen molar-refractivity contribution in [2.45, 2.75) is 26.8 Å². The smallest absolute Gasteiger partial charge is 0.311 e. The van der Waals surface area contributed by atoms with Crippen molar-refractivity contribution in [1.82, 2.24) is 4.90 Å². The normalized spacial score (nSPS) is 18.7. The summed E-state index contributed by atoms with van der Waals surface area (Å²) in [6.45, 7) is 6.12. The second kappa shape index (κ2) is 4.49. The number of carbonyl (C=O) groups is 1. The van der Waals surface area contributed by atoms with Crippen molar-refractivity contribution < 1.29 is 9.90 Å². The van der Waals surface area contributed by atoms with Gasteiger partial charge in [-0.15, -0.1) is 0 Å². The van der Waals surface area contributed by atoms with E-state index in [-0.39, 0.29) is 0 Å². The molecule has 1 N–H and O–H groups in total. The lowest BCUT2D eigenvalue weighted by Gasteiger charge is -2.45. The van der Waals surface area contributed by atoms with Crippen LogP contribution in [0.25, 0.3) is 0 Å². The summed E-state index contributed by atoms with van der Waals surface area (Å²) in [4.78, 5) is 13.2. The molecule has 0 amide bonds. The average molecular weight is 233 g/mol. The van der Waals surface area contributed by atoms with Crippen LogP contribution < -0.4 is 0 Å². The summed E-state index contributed by atoms with van der Waals surface area (Å²) in [6.07, 6.45) is 1.04. The summed E-state index contributed by atoms with van der Waals surface area (Å²) in [6, 6.07) is 8.51. The number of aryl methyl sites for hydroxylation is 1. The van der Waals surface area contributed by atoms with Crippen LogP contribution in [0.2, 0.25) is 0 Å². The van der Waals surface area contributed by atoms with Crippen LogP contribution in [0, 0.1) is 5.41 Å². The SMILES string of the molecule is CCc1cccc(CN2CC(C)(C(=O)O)C2)c1. The molecular formula is C14H19NO2. The Balaban J connectivity index is 1.93. The average Bonchev–Trinajstić information content (AvgIpc) is 2.27. The van der Waals surface area contributed by atoms with Gasteiger partial charge in [-0.05, 0) is 24.5 Å². The van der Waals surface area contributed by atoms with Crippen LogP contribution in [0.1, 0.15) is 25.0 Å². The summed E-state index contributed by atoms with van der Waals surface area (Å²) >= 11 is 0. The summed E-state index contributed by atoms with van der Waals surface area (Å²) in [7, 11) is 0. The molecule has 1 aliphatic rings. The molecule has 1 fully saturated rings. The van der Waals surface area contributed by atoms with Crippen LogP contribution in [0.4, 0.5) is 0 Å². The van der Waals surface area contributed by atoms with Crippen LogP contribution in [0.3, 0.4) is 0 Å². The highest BCUT2D eigenvalue weighted by Crippen LogP contribution is 2.31. The maximum absolute atomic E-state index is 11.0. The van der Waals surface area contributed by atoms with Crippen LogP contribution in [0.5, 0.6) is 0 Å². The molecule has 3 nitrogen and oxygen atoms in total. The Kier molecular flexibility index (Phi) is 3.20. The van der Waals surface area contributed by atoms with E-state index in [4.69, 9.17) is 5.11 Å². The molecule has 0 unspecified atom stereocenters. The third-order valence-electron chi connectivity index (χ3n) is 3.47. The van der Waals surface area contributed by atoms with Gasteiger partial charge in [0.2, 0.25) is 0 Å². The van der Waals surface area contributed by atoms with E-state index in [0.29, 0.717) is 13.1 Å². The Bertz CT molecular complexity index is 422. The zero-order chi connectivity index (χ0) is 12.5. The van der Waals surface area contributed by atoms with Crippen LogP contribution in [0.15, 0.2) is 24.3 Å². The fourth-order valence-electron chi connectivity index (χ4n) is 2.39. The number of nitrogens with zero attached hydrogens (tertiary/aromatic N) is 1. The number of benzene rings is 1. The molecule has 1 aromatic rings. The first-order chi connectivity index (χ1) is 8.03. The number of rotatable bonds is 4. The molecule has 0 bridgehead atoms. The van der Waals surface area contributed by atoms with E-state index < -0.39 is 11.4 Å². The van der Waals surface area contributed by atoms with Gasteiger partial charge in [0.05, 0.1) is 5.41 Å². The lowest BCUT2D eigenvalue weighted by Crippen LogP contribution is -2.58. The van der Waals surface area contributed by atoms with Crippen molar-refractivity contribution in [3.63, 3.8) is 0 Å². The van der Waals surface area contributed by atoms with E-state index in [1.54, 1.807) is 0 Å². The molecule has 1 aliphatic heterocycles. The highest BCUT2D eigenvalue weighted by Gasteiger charge is 2.44. The summed E-state index contributed by atoms with van der Waals surface area (Å²) in [5, 5.41) is 9.03.